The highest BCUT2D eigenvalue weighted by atomic mass is 16.5. The van der Waals surface area contributed by atoms with Gasteiger partial charge in [0.05, 0.1) is 18.2 Å². The van der Waals surface area contributed by atoms with E-state index in [1.54, 1.807) is 18.0 Å². The molecule has 3 heterocycles. The minimum atomic E-state index is -0.325. The van der Waals surface area contributed by atoms with Crippen molar-refractivity contribution < 1.29 is 14.3 Å². The van der Waals surface area contributed by atoms with Crippen LogP contribution in [-0.4, -0.2) is 32.5 Å². The maximum Gasteiger partial charge on any atom is 0.228 e. The maximum atomic E-state index is 13.5. The van der Waals surface area contributed by atoms with Crippen molar-refractivity contribution in [1.29, 1.82) is 0 Å². The summed E-state index contributed by atoms with van der Waals surface area (Å²) < 4.78 is 13.5. The van der Waals surface area contributed by atoms with Gasteiger partial charge in [-0.15, -0.1) is 5.10 Å². The summed E-state index contributed by atoms with van der Waals surface area (Å²) in [5.74, 6) is 2.18. The average molecular weight is 453 g/mol. The first kappa shape index (κ1) is 20.6. The summed E-state index contributed by atoms with van der Waals surface area (Å²) >= 11 is 0. The number of hydrogen-bond acceptors (Lipinski definition) is 6. The van der Waals surface area contributed by atoms with Gasteiger partial charge in [0.1, 0.15) is 17.8 Å². The number of carbonyl (C=O) groups excluding carboxylic acids is 1. The van der Waals surface area contributed by atoms with Crippen LogP contribution in [0, 0.1) is 5.41 Å². The molecule has 7 nitrogen and oxygen atoms in total. The standard InChI is InChI=1S/C27H24N4O3/c1-27(2)13-18(32)22-20(14-27)34-26-23(21(22)16-9-5-4-6-10-16)25-29-24(30-31(25)15-28-26)17-11-7-8-12-19(17)33-3/h4-12,15,21H,13-14H2,1-3H3/t21-/m1/s1. The van der Waals surface area contributed by atoms with Gasteiger partial charge >= 0.3 is 0 Å². The Labute approximate surface area is 197 Å². The third-order valence-electron chi connectivity index (χ3n) is 6.54. The molecule has 0 spiro atoms. The van der Waals surface area contributed by atoms with Crippen molar-refractivity contribution in [3.63, 3.8) is 0 Å². The van der Waals surface area contributed by atoms with Crippen molar-refractivity contribution in [3.05, 3.63) is 83.4 Å². The summed E-state index contributed by atoms with van der Waals surface area (Å²) in [7, 11) is 1.63. The zero-order valence-electron chi connectivity index (χ0n) is 19.3. The van der Waals surface area contributed by atoms with E-state index >= 15 is 0 Å². The van der Waals surface area contributed by atoms with E-state index in [2.05, 4.69) is 23.9 Å². The van der Waals surface area contributed by atoms with E-state index in [1.807, 2.05) is 54.6 Å². The second-order valence-electron chi connectivity index (χ2n) is 9.59. The average Bonchev–Trinajstić information content (AvgIpc) is 3.27. The molecule has 0 saturated heterocycles. The number of methoxy groups -OCH3 is 1. The van der Waals surface area contributed by atoms with Crippen LogP contribution in [0.4, 0.5) is 0 Å². The lowest BCUT2D eigenvalue weighted by Crippen LogP contribution is -2.33. The van der Waals surface area contributed by atoms with E-state index in [4.69, 9.17) is 14.5 Å². The zero-order valence-corrected chi connectivity index (χ0v) is 19.3. The lowest BCUT2D eigenvalue weighted by Gasteiger charge is -2.37. The van der Waals surface area contributed by atoms with Gasteiger partial charge in [-0.3, -0.25) is 4.79 Å². The van der Waals surface area contributed by atoms with E-state index in [9.17, 15) is 4.79 Å². The molecular weight excluding hydrogens is 428 g/mol. The van der Waals surface area contributed by atoms with Gasteiger partial charge in [-0.25, -0.2) is 14.5 Å². The Hall–Kier alpha value is -4.00. The number of nitrogens with zero attached hydrogens (tertiary/aromatic N) is 4. The molecule has 2 aromatic carbocycles. The normalized spacial score (nSPS) is 18.9. The van der Waals surface area contributed by atoms with Gasteiger partial charge in [-0.05, 0) is 23.1 Å². The molecule has 2 aromatic heterocycles. The lowest BCUT2D eigenvalue weighted by atomic mass is 9.70. The molecule has 0 amide bonds. The number of para-hydroxylation sites is 1. The largest absolute Gasteiger partial charge is 0.496 e. The molecule has 170 valence electrons. The molecular formula is C27H24N4O3. The van der Waals surface area contributed by atoms with Gasteiger partial charge < -0.3 is 9.47 Å². The Kier molecular flexibility index (Phi) is 4.55. The summed E-state index contributed by atoms with van der Waals surface area (Å²) in [6, 6.07) is 17.7. The Bertz CT molecular complexity index is 1470. The summed E-state index contributed by atoms with van der Waals surface area (Å²) in [6.07, 6.45) is 2.77. The van der Waals surface area contributed by atoms with E-state index in [-0.39, 0.29) is 17.1 Å². The number of ether oxygens (including phenoxy) is 2. The maximum absolute atomic E-state index is 13.5. The number of allylic oxidation sites excluding steroid dienone is 2. The topological polar surface area (TPSA) is 78.6 Å². The van der Waals surface area contributed by atoms with Crippen LogP contribution < -0.4 is 9.47 Å². The Morgan fingerprint density at radius 2 is 1.82 bits per heavy atom. The van der Waals surface area contributed by atoms with Crippen LogP contribution in [0.25, 0.3) is 17.0 Å². The van der Waals surface area contributed by atoms with Crippen LogP contribution in [0.5, 0.6) is 11.6 Å². The smallest absolute Gasteiger partial charge is 0.228 e. The molecule has 7 heteroatoms. The van der Waals surface area contributed by atoms with Gasteiger partial charge in [0, 0.05) is 24.3 Å². The fourth-order valence-corrected chi connectivity index (χ4v) is 5.07. The number of carbonyl (C=O) groups is 1. The first-order chi connectivity index (χ1) is 16.4. The van der Waals surface area contributed by atoms with Crippen LogP contribution in [0.1, 0.15) is 43.7 Å². The van der Waals surface area contributed by atoms with Crippen molar-refractivity contribution >= 4 is 11.4 Å². The van der Waals surface area contributed by atoms with Crippen molar-refractivity contribution in [2.75, 3.05) is 7.11 Å². The van der Waals surface area contributed by atoms with Crippen molar-refractivity contribution in [1.82, 2.24) is 19.6 Å². The number of rotatable bonds is 3. The fraction of sp³-hybridized carbons (Fsp3) is 0.259. The molecule has 0 saturated carbocycles. The summed E-state index contributed by atoms with van der Waals surface area (Å²) in [5.41, 5.74) is 3.70. The third kappa shape index (κ3) is 3.19. The second-order valence-corrected chi connectivity index (χ2v) is 9.59. The number of hydrogen-bond donors (Lipinski definition) is 0. The summed E-state index contributed by atoms with van der Waals surface area (Å²) in [4.78, 5) is 23.0. The highest BCUT2D eigenvalue weighted by molar-refractivity contribution is 6.00. The first-order valence-corrected chi connectivity index (χ1v) is 11.3. The van der Waals surface area contributed by atoms with Crippen molar-refractivity contribution in [2.24, 2.45) is 5.41 Å². The van der Waals surface area contributed by atoms with Crippen LogP contribution in [0.15, 0.2) is 72.3 Å². The summed E-state index contributed by atoms with van der Waals surface area (Å²) in [6.45, 7) is 4.19. The number of benzene rings is 2. The minimum absolute atomic E-state index is 0.109. The molecule has 1 aliphatic heterocycles. The number of ketones is 1. The lowest BCUT2D eigenvalue weighted by molar-refractivity contribution is -0.118. The van der Waals surface area contributed by atoms with E-state index < -0.39 is 0 Å². The first-order valence-electron chi connectivity index (χ1n) is 11.3. The number of aromatic nitrogens is 4. The highest BCUT2D eigenvalue weighted by Gasteiger charge is 2.43. The van der Waals surface area contributed by atoms with Crippen molar-refractivity contribution in [2.45, 2.75) is 32.6 Å². The van der Waals surface area contributed by atoms with Crippen LogP contribution in [-0.2, 0) is 4.79 Å². The van der Waals surface area contributed by atoms with Gasteiger partial charge in [-0.2, -0.15) is 0 Å². The molecule has 1 atom stereocenters. The highest BCUT2D eigenvalue weighted by Crippen LogP contribution is 2.50. The van der Waals surface area contributed by atoms with E-state index in [0.717, 1.165) is 16.7 Å². The Balaban J connectivity index is 1.60. The van der Waals surface area contributed by atoms with E-state index in [0.29, 0.717) is 47.3 Å². The molecule has 0 radical (unpaired) electrons. The predicted molar refractivity (Wildman–Crippen MR) is 127 cm³/mol. The van der Waals surface area contributed by atoms with E-state index in [1.165, 1.54) is 0 Å². The SMILES string of the molecule is COc1ccccc1-c1nc2c3c(ncn2n1)OC1=C(C(=O)CC(C)(C)C1)[C@H]3c1ccccc1. The van der Waals surface area contributed by atoms with Gasteiger partial charge in [-0.1, -0.05) is 56.3 Å². The fourth-order valence-electron chi connectivity index (χ4n) is 5.07. The molecule has 34 heavy (non-hydrogen) atoms. The second kappa shape index (κ2) is 7.52. The molecule has 0 N–H and O–H groups in total. The zero-order chi connectivity index (χ0) is 23.4. The Morgan fingerprint density at radius 3 is 2.62 bits per heavy atom. The predicted octanol–water partition coefficient (Wildman–Crippen LogP) is 4.97. The number of fused-ring (bicyclic) bond motifs is 3. The van der Waals surface area contributed by atoms with Gasteiger partial charge in [0.2, 0.25) is 5.88 Å². The minimum Gasteiger partial charge on any atom is -0.496 e. The van der Waals surface area contributed by atoms with Gasteiger partial charge in [0.15, 0.2) is 17.3 Å². The molecule has 2 aliphatic rings. The molecule has 4 aromatic rings. The molecule has 6 rings (SSSR count). The van der Waals surface area contributed by atoms with Crippen LogP contribution in [0.3, 0.4) is 0 Å². The van der Waals surface area contributed by atoms with Gasteiger partial charge in [0.25, 0.3) is 0 Å². The molecule has 0 unspecified atom stereocenters. The summed E-state index contributed by atoms with van der Waals surface area (Å²) in [5, 5.41) is 4.68. The Morgan fingerprint density at radius 1 is 1.06 bits per heavy atom. The monoisotopic (exact) mass is 452 g/mol. The van der Waals surface area contributed by atoms with Crippen molar-refractivity contribution in [3.8, 4) is 23.0 Å². The van der Waals surface area contributed by atoms with Crippen LogP contribution >= 0.6 is 0 Å². The molecule has 0 fully saturated rings. The van der Waals surface area contributed by atoms with Crippen LogP contribution in [0.2, 0.25) is 0 Å². The third-order valence-corrected chi connectivity index (χ3v) is 6.54. The molecule has 0 bridgehead atoms. The molecule has 1 aliphatic carbocycles. The number of Topliss-reactive ketones (excluding diaryl/α,β-unsaturated/α-hetero) is 1. The quantitative estimate of drug-likeness (QED) is 0.437.